The van der Waals surface area contributed by atoms with Crippen molar-refractivity contribution in [1.82, 2.24) is 14.5 Å². The molecule has 0 aliphatic rings. The fourth-order valence-electron chi connectivity index (χ4n) is 1.55. The van der Waals surface area contributed by atoms with Gasteiger partial charge in [0.15, 0.2) is 4.77 Å². The highest BCUT2D eigenvalue weighted by molar-refractivity contribution is 7.71. The quantitative estimate of drug-likeness (QED) is 0.870. The van der Waals surface area contributed by atoms with Gasteiger partial charge in [-0.1, -0.05) is 0 Å². The lowest BCUT2D eigenvalue weighted by Crippen LogP contribution is -2.34. The maximum absolute atomic E-state index is 12.2. The van der Waals surface area contributed by atoms with Gasteiger partial charge in [0.2, 0.25) is 5.91 Å². The number of thiophene rings is 1. The van der Waals surface area contributed by atoms with Crippen LogP contribution in [0, 0.1) is 4.77 Å². The van der Waals surface area contributed by atoms with Gasteiger partial charge in [-0.15, -0.1) is 11.3 Å². The first-order valence-electron chi connectivity index (χ1n) is 5.49. The number of carbonyl (C=O) groups is 1. The molecule has 0 bridgehead atoms. The van der Waals surface area contributed by atoms with Gasteiger partial charge >= 0.3 is 0 Å². The molecule has 18 heavy (non-hydrogen) atoms. The molecule has 0 spiro atoms. The number of amides is 1. The molecule has 0 unspecified atom stereocenters. The van der Waals surface area contributed by atoms with Crippen molar-refractivity contribution in [2.24, 2.45) is 0 Å². The molecule has 96 valence electrons. The van der Waals surface area contributed by atoms with E-state index in [0.717, 1.165) is 4.83 Å². The Morgan fingerprint density at radius 2 is 2.33 bits per heavy atom. The summed E-state index contributed by atoms with van der Waals surface area (Å²) in [6.45, 7) is 2.46. The Bertz CT molecular complexity index is 698. The molecule has 0 radical (unpaired) electrons. The van der Waals surface area contributed by atoms with Crippen LogP contribution in [0.25, 0.3) is 10.2 Å². The minimum absolute atomic E-state index is 0.0235. The largest absolute Gasteiger partial charge is 0.344 e. The second kappa shape index (κ2) is 5.03. The van der Waals surface area contributed by atoms with Crippen LogP contribution in [-0.2, 0) is 11.3 Å². The molecule has 0 aliphatic carbocycles. The van der Waals surface area contributed by atoms with E-state index in [9.17, 15) is 9.59 Å². The number of nitrogens with one attached hydrogen (secondary N) is 1. The van der Waals surface area contributed by atoms with Gasteiger partial charge in [-0.05, 0) is 30.6 Å². The van der Waals surface area contributed by atoms with Gasteiger partial charge in [-0.2, -0.15) is 0 Å². The van der Waals surface area contributed by atoms with Crippen molar-refractivity contribution in [2.75, 3.05) is 13.6 Å². The van der Waals surface area contributed by atoms with Crippen molar-refractivity contribution < 1.29 is 4.79 Å². The van der Waals surface area contributed by atoms with Crippen LogP contribution in [0.2, 0.25) is 0 Å². The molecule has 0 aliphatic heterocycles. The molecule has 0 saturated carbocycles. The molecule has 0 saturated heterocycles. The van der Waals surface area contributed by atoms with Crippen LogP contribution < -0.4 is 5.56 Å². The molecule has 2 heterocycles. The molecule has 1 N–H and O–H groups in total. The number of fused-ring (bicyclic) bond motifs is 1. The molecule has 2 aromatic rings. The van der Waals surface area contributed by atoms with Crippen molar-refractivity contribution in [3.8, 4) is 0 Å². The monoisotopic (exact) mass is 283 g/mol. The second-order valence-electron chi connectivity index (χ2n) is 3.89. The summed E-state index contributed by atoms with van der Waals surface area (Å²) in [4.78, 5) is 29.3. The molecule has 7 heteroatoms. The van der Waals surface area contributed by atoms with E-state index in [4.69, 9.17) is 12.2 Å². The molecule has 0 atom stereocenters. The van der Waals surface area contributed by atoms with Crippen LogP contribution >= 0.6 is 23.6 Å². The molecule has 2 aromatic heterocycles. The summed E-state index contributed by atoms with van der Waals surface area (Å²) in [5, 5.41) is 2.39. The Morgan fingerprint density at radius 3 is 3.00 bits per heavy atom. The molecule has 0 aromatic carbocycles. The summed E-state index contributed by atoms with van der Waals surface area (Å²) in [6, 6.07) is 1.73. The van der Waals surface area contributed by atoms with Crippen LogP contribution in [0.1, 0.15) is 6.92 Å². The van der Waals surface area contributed by atoms with Gasteiger partial charge in [0.25, 0.3) is 5.56 Å². The van der Waals surface area contributed by atoms with Crippen LogP contribution in [0.15, 0.2) is 16.2 Å². The number of hydrogen-bond donors (Lipinski definition) is 1. The van der Waals surface area contributed by atoms with E-state index >= 15 is 0 Å². The minimum atomic E-state index is -0.215. The van der Waals surface area contributed by atoms with E-state index in [1.807, 2.05) is 12.3 Å². The van der Waals surface area contributed by atoms with Gasteiger partial charge in [0.05, 0.1) is 5.39 Å². The number of aromatic amines is 1. The van der Waals surface area contributed by atoms with E-state index < -0.39 is 0 Å². The first-order valence-corrected chi connectivity index (χ1v) is 6.77. The van der Waals surface area contributed by atoms with E-state index in [2.05, 4.69) is 4.98 Å². The lowest BCUT2D eigenvalue weighted by Gasteiger charge is -2.15. The molecule has 1 amide bonds. The second-order valence-corrected chi connectivity index (χ2v) is 5.20. The Hall–Kier alpha value is -1.47. The van der Waals surface area contributed by atoms with Crippen molar-refractivity contribution >= 4 is 39.7 Å². The maximum Gasteiger partial charge on any atom is 0.263 e. The van der Waals surface area contributed by atoms with Gasteiger partial charge in [-0.25, -0.2) is 0 Å². The average Bonchev–Trinajstić information content (AvgIpc) is 2.81. The smallest absolute Gasteiger partial charge is 0.263 e. The third kappa shape index (κ3) is 2.23. The van der Waals surface area contributed by atoms with E-state index in [0.29, 0.717) is 11.9 Å². The molecular weight excluding hydrogens is 270 g/mol. The van der Waals surface area contributed by atoms with Gasteiger partial charge in [-0.3, -0.25) is 14.2 Å². The first-order chi connectivity index (χ1) is 8.54. The van der Waals surface area contributed by atoms with Crippen molar-refractivity contribution in [3.63, 3.8) is 0 Å². The summed E-state index contributed by atoms with van der Waals surface area (Å²) >= 11 is 6.54. The number of nitrogens with zero attached hydrogens (tertiary/aromatic N) is 2. The van der Waals surface area contributed by atoms with Crippen LogP contribution in [0.3, 0.4) is 0 Å². The number of likely N-dealkylation sites (N-methyl/N-ethyl adjacent to an activating group) is 1. The molecular formula is C11H13N3O2S2. The molecule has 5 nitrogen and oxygen atoms in total. The van der Waals surface area contributed by atoms with Crippen molar-refractivity contribution in [2.45, 2.75) is 13.5 Å². The number of rotatable bonds is 3. The van der Waals surface area contributed by atoms with Crippen LogP contribution in [-0.4, -0.2) is 34.0 Å². The zero-order chi connectivity index (χ0) is 13.3. The average molecular weight is 283 g/mol. The Morgan fingerprint density at radius 1 is 1.61 bits per heavy atom. The number of carbonyl (C=O) groups excluding carboxylic acids is 1. The van der Waals surface area contributed by atoms with Crippen LogP contribution in [0.5, 0.6) is 0 Å². The molecule has 0 fully saturated rings. The number of H-pyrrole nitrogens is 1. The van der Waals surface area contributed by atoms with Crippen LogP contribution in [0.4, 0.5) is 0 Å². The normalized spacial score (nSPS) is 10.8. The van der Waals surface area contributed by atoms with Crippen molar-refractivity contribution in [1.29, 1.82) is 0 Å². The lowest BCUT2D eigenvalue weighted by molar-refractivity contribution is -0.130. The minimum Gasteiger partial charge on any atom is -0.344 e. The van der Waals surface area contributed by atoms with Crippen molar-refractivity contribution in [3.05, 3.63) is 26.6 Å². The molecule has 2 rings (SSSR count). The number of hydrogen-bond acceptors (Lipinski definition) is 4. The predicted molar refractivity (Wildman–Crippen MR) is 74.6 cm³/mol. The topological polar surface area (TPSA) is 58.1 Å². The fraction of sp³-hybridized carbons (Fsp3) is 0.364. The Kier molecular flexibility index (Phi) is 3.63. The summed E-state index contributed by atoms with van der Waals surface area (Å²) < 4.78 is 1.59. The standard InChI is InChI=1S/C11H13N3O2S2/c1-3-13(2)8(15)6-14-10(16)7-4-5-18-9(7)12-11(14)17/h4-5H,3,6H2,1-2H3,(H,12,17). The summed E-state index contributed by atoms with van der Waals surface area (Å²) in [5.74, 6) is -0.131. The van der Waals surface area contributed by atoms with E-state index in [1.165, 1.54) is 15.9 Å². The maximum atomic E-state index is 12.2. The summed E-state index contributed by atoms with van der Waals surface area (Å²) in [6.07, 6.45) is 0. The van der Waals surface area contributed by atoms with Gasteiger partial charge in [0.1, 0.15) is 11.4 Å². The summed E-state index contributed by atoms with van der Waals surface area (Å²) in [5.41, 5.74) is -0.215. The SMILES string of the molecule is CCN(C)C(=O)Cn1c(=S)[nH]c2sccc2c1=O. The first kappa shape index (κ1) is 13.0. The Labute approximate surface area is 113 Å². The van der Waals surface area contributed by atoms with E-state index in [-0.39, 0.29) is 22.8 Å². The fourth-order valence-corrected chi connectivity index (χ4v) is 2.64. The van der Waals surface area contributed by atoms with E-state index in [1.54, 1.807) is 18.0 Å². The summed E-state index contributed by atoms with van der Waals surface area (Å²) in [7, 11) is 1.70. The highest BCUT2D eigenvalue weighted by atomic mass is 32.1. The highest BCUT2D eigenvalue weighted by Crippen LogP contribution is 2.13. The van der Waals surface area contributed by atoms with Gasteiger partial charge < -0.3 is 9.88 Å². The highest BCUT2D eigenvalue weighted by Gasteiger charge is 2.12. The predicted octanol–water partition coefficient (Wildman–Crippen LogP) is 1.60. The Balaban J connectivity index is 2.48. The zero-order valence-electron chi connectivity index (χ0n) is 10.1. The van der Waals surface area contributed by atoms with Gasteiger partial charge in [0, 0.05) is 13.6 Å². The third-order valence-electron chi connectivity index (χ3n) is 2.80. The lowest BCUT2D eigenvalue weighted by atomic mass is 10.4. The zero-order valence-corrected chi connectivity index (χ0v) is 11.7. The third-order valence-corrected chi connectivity index (χ3v) is 3.95. The number of aromatic nitrogens is 2.